The predicted molar refractivity (Wildman–Crippen MR) is 46.4 cm³/mol. The lowest BCUT2D eigenvalue weighted by Crippen LogP contribution is -2.52. The van der Waals surface area contributed by atoms with Crippen molar-refractivity contribution in [2.75, 3.05) is 0 Å². The minimum absolute atomic E-state index is 0.672. The maximum Gasteiger partial charge on any atom is 0.459 e. The molecular weight excluding hydrogens is 273 g/mol. The second-order valence-electron chi connectivity index (χ2n) is 3.82. The summed E-state index contributed by atoms with van der Waals surface area (Å²) in [5.41, 5.74) is 0. The van der Waals surface area contributed by atoms with Crippen molar-refractivity contribution in [2.45, 2.75) is 50.8 Å². The summed E-state index contributed by atoms with van der Waals surface area (Å²) in [6.07, 6.45) is -10.2. The predicted octanol–water partition coefficient (Wildman–Crippen LogP) is 3.55. The van der Waals surface area contributed by atoms with Crippen LogP contribution in [0.3, 0.4) is 0 Å². The second kappa shape index (κ2) is 5.31. The summed E-state index contributed by atoms with van der Waals surface area (Å²) in [6.45, 7) is 2.75. The van der Waals surface area contributed by atoms with Crippen molar-refractivity contribution in [3.05, 3.63) is 0 Å². The Morgan fingerprint density at radius 2 is 1.50 bits per heavy atom. The Bertz CT molecular complexity index is 296. The van der Waals surface area contributed by atoms with E-state index in [-0.39, 0.29) is 0 Å². The Morgan fingerprint density at radius 1 is 1.06 bits per heavy atom. The van der Waals surface area contributed by atoms with Gasteiger partial charge < -0.3 is 4.74 Å². The van der Waals surface area contributed by atoms with E-state index >= 15 is 0 Å². The van der Waals surface area contributed by atoms with Gasteiger partial charge in [0.1, 0.15) is 0 Å². The highest BCUT2D eigenvalue weighted by atomic mass is 19.4. The molecule has 0 fully saturated rings. The van der Waals surface area contributed by atoms with E-state index in [4.69, 9.17) is 0 Å². The fourth-order valence-electron chi connectivity index (χ4n) is 0.945. The summed E-state index contributed by atoms with van der Waals surface area (Å²) < 4.78 is 89.7. The number of halogens is 7. The number of ether oxygens (including phenoxy) is 1. The van der Waals surface area contributed by atoms with Gasteiger partial charge in [-0.15, -0.1) is 0 Å². The molecule has 0 aromatic carbocycles. The van der Waals surface area contributed by atoms with Gasteiger partial charge in [-0.2, -0.15) is 30.7 Å². The van der Waals surface area contributed by atoms with Crippen LogP contribution in [0.5, 0.6) is 0 Å². The molecule has 0 N–H and O–H groups in total. The number of rotatable bonds is 5. The highest BCUT2D eigenvalue weighted by Crippen LogP contribution is 2.48. The first-order chi connectivity index (χ1) is 7.81. The summed E-state index contributed by atoms with van der Waals surface area (Å²) in [6, 6.07) is 0. The quantitative estimate of drug-likeness (QED) is 0.570. The van der Waals surface area contributed by atoms with Crippen LogP contribution in [-0.4, -0.2) is 30.1 Å². The molecular formula is C9H11F7O2. The van der Waals surface area contributed by atoms with Gasteiger partial charge in [0, 0.05) is 6.42 Å². The maximum atomic E-state index is 12.7. The molecule has 0 radical (unpaired) electrons. The Kier molecular flexibility index (Phi) is 5.01. The number of carbonyl (C=O) groups is 1. The van der Waals surface area contributed by atoms with Crippen LogP contribution in [0.1, 0.15) is 26.7 Å². The van der Waals surface area contributed by atoms with Crippen molar-refractivity contribution in [1.82, 2.24) is 0 Å². The highest BCUT2D eigenvalue weighted by Gasteiger charge is 2.72. The fourth-order valence-corrected chi connectivity index (χ4v) is 0.945. The van der Waals surface area contributed by atoms with Gasteiger partial charge in [0.15, 0.2) is 0 Å². The minimum atomic E-state index is -6.38. The van der Waals surface area contributed by atoms with E-state index in [0.717, 1.165) is 0 Å². The third kappa shape index (κ3) is 4.02. The summed E-state index contributed by atoms with van der Waals surface area (Å²) in [5.74, 6) is -12.8. The number of alkyl halides is 7. The van der Waals surface area contributed by atoms with Crippen molar-refractivity contribution >= 4 is 5.97 Å². The Hall–Kier alpha value is -1.02. The lowest BCUT2D eigenvalue weighted by Gasteiger charge is -2.27. The molecule has 0 aliphatic rings. The fraction of sp³-hybridized carbons (Fsp3) is 0.889. The summed E-state index contributed by atoms with van der Waals surface area (Å²) in [4.78, 5) is 10.8. The second-order valence-corrected chi connectivity index (χ2v) is 3.82. The SMILES string of the molecule is CC(C)OC(=O)CCC(F)(F)C(F)(F)C(F)(F)F. The molecule has 0 atom stereocenters. The first kappa shape index (κ1) is 17.0. The van der Waals surface area contributed by atoms with E-state index in [9.17, 15) is 35.5 Å². The molecule has 0 aromatic rings. The molecule has 0 saturated heterocycles. The molecule has 0 spiro atoms. The van der Waals surface area contributed by atoms with Gasteiger partial charge in [0.2, 0.25) is 0 Å². The van der Waals surface area contributed by atoms with E-state index in [2.05, 4.69) is 4.74 Å². The van der Waals surface area contributed by atoms with Crippen molar-refractivity contribution in [3.8, 4) is 0 Å². The molecule has 9 heteroatoms. The maximum absolute atomic E-state index is 12.7. The van der Waals surface area contributed by atoms with Crippen LogP contribution >= 0.6 is 0 Å². The van der Waals surface area contributed by atoms with Gasteiger partial charge in [0.25, 0.3) is 0 Å². The molecule has 0 aliphatic carbocycles. The lowest BCUT2D eigenvalue weighted by molar-refractivity contribution is -0.355. The first-order valence-electron chi connectivity index (χ1n) is 4.83. The van der Waals surface area contributed by atoms with Gasteiger partial charge in [-0.25, -0.2) is 0 Å². The third-order valence-corrected chi connectivity index (χ3v) is 1.83. The molecule has 108 valence electrons. The summed E-state index contributed by atoms with van der Waals surface area (Å²) in [7, 11) is 0. The molecule has 0 aromatic heterocycles. The van der Waals surface area contributed by atoms with Gasteiger partial charge in [0.05, 0.1) is 12.5 Å². The average molecular weight is 284 g/mol. The highest BCUT2D eigenvalue weighted by molar-refractivity contribution is 5.69. The third-order valence-electron chi connectivity index (χ3n) is 1.83. The van der Waals surface area contributed by atoms with Crippen molar-refractivity contribution in [1.29, 1.82) is 0 Å². The summed E-state index contributed by atoms with van der Waals surface area (Å²) >= 11 is 0. The Labute approximate surface area is 98.1 Å². The molecule has 0 rings (SSSR count). The Morgan fingerprint density at radius 3 is 1.83 bits per heavy atom. The number of esters is 1. The first-order valence-corrected chi connectivity index (χ1v) is 4.83. The molecule has 0 bridgehead atoms. The molecule has 18 heavy (non-hydrogen) atoms. The van der Waals surface area contributed by atoms with Crippen LogP contribution in [-0.2, 0) is 9.53 Å². The van der Waals surface area contributed by atoms with Crippen molar-refractivity contribution < 1.29 is 40.3 Å². The monoisotopic (exact) mass is 284 g/mol. The van der Waals surface area contributed by atoms with E-state index < -0.39 is 42.9 Å². The van der Waals surface area contributed by atoms with Crippen LogP contribution in [0.15, 0.2) is 0 Å². The zero-order valence-corrected chi connectivity index (χ0v) is 9.45. The van der Waals surface area contributed by atoms with Gasteiger partial charge in [-0.3, -0.25) is 4.79 Å². The van der Waals surface area contributed by atoms with Crippen LogP contribution in [0.25, 0.3) is 0 Å². The van der Waals surface area contributed by atoms with E-state index in [1.54, 1.807) is 0 Å². The topological polar surface area (TPSA) is 26.3 Å². The van der Waals surface area contributed by atoms with Crippen molar-refractivity contribution in [3.63, 3.8) is 0 Å². The van der Waals surface area contributed by atoms with Crippen LogP contribution < -0.4 is 0 Å². The minimum Gasteiger partial charge on any atom is -0.463 e. The largest absolute Gasteiger partial charge is 0.463 e. The molecule has 0 amide bonds. The summed E-state index contributed by atoms with van der Waals surface area (Å²) in [5, 5.41) is 0. The molecule has 0 unspecified atom stereocenters. The van der Waals surface area contributed by atoms with E-state index in [1.807, 2.05) is 0 Å². The smallest absolute Gasteiger partial charge is 0.459 e. The number of carbonyl (C=O) groups excluding carboxylic acids is 1. The zero-order valence-electron chi connectivity index (χ0n) is 9.45. The Balaban J connectivity index is 4.62. The van der Waals surface area contributed by atoms with Gasteiger partial charge >= 0.3 is 24.0 Å². The standard InChI is InChI=1S/C9H11F7O2/c1-5(2)18-6(17)3-4-7(10,11)8(12,13)9(14,15)16/h5H,3-4H2,1-2H3. The molecule has 0 heterocycles. The van der Waals surface area contributed by atoms with Gasteiger partial charge in [-0.05, 0) is 13.8 Å². The zero-order chi connectivity index (χ0) is 14.8. The van der Waals surface area contributed by atoms with Gasteiger partial charge in [-0.1, -0.05) is 0 Å². The number of hydrogen-bond donors (Lipinski definition) is 0. The normalized spacial score (nSPS) is 13.9. The lowest BCUT2D eigenvalue weighted by atomic mass is 10.1. The average Bonchev–Trinajstić information content (AvgIpc) is 2.11. The van der Waals surface area contributed by atoms with Crippen LogP contribution in [0.2, 0.25) is 0 Å². The molecule has 2 nitrogen and oxygen atoms in total. The number of hydrogen-bond acceptors (Lipinski definition) is 2. The molecule has 0 aliphatic heterocycles. The van der Waals surface area contributed by atoms with Crippen molar-refractivity contribution in [2.24, 2.45) is 0 Å². The van der Waals surface area contributed by atoms with E-state index in [0.29, 0.717) is 0 Å². The van der Waals surface area contributed by atoms with Crippen LogP contribution in [0.4, 0.5) is 30.7 Å². The van der Waals surface area contributed by atoms with Crippen LogP contribution in [0, 0.1) is 0 Å². The van der Waals surface area contributed by atoms with E-state index in [1.165, 1.54) is 13.8 Å². The molecule has 0 saturated carbocycles.